The third kappa shape index (κ3) is 4.40. The maximum atomic E-state index is 6.57. The third-order valence-corrected chi connectivity index (χ3v) is 9.81. The lowest BCUT2D eigenvalue weighted by atomic mass is 9.99. The number of hydrogen-bond acceptors (Lipinski definition) is 3. The van der Waals surface area contributed by atoms with Crippen molar-refractivity contribution in [2.45, 2.75) is 0 Å². The highest BCUT2D eigenvalue weighted by Gasteiger charge is 2.20. The third-order valence-electron chi connectivity index (χ3n) is 8.67. The van der Waals surface area contributed by atoms with Crippen LogP contribution in [0.2, 0.25) is 0 Å². The molecule has 2 heterocycles. The molecule has 3 heteroatoms. The summed E-state index contributed by atoms with van der Waals surface area (Å²) in [5, 5.41) is 4.83. The summed E-state index contributed by atoms with van der Waals surface area (Å²) in [5.41, 5.74) is 9.74. The van der Waals surface area contributed by atoms with Crippen LogP contribution in [0.25, 0.3) is 64.4 Å². The number of furan rings is 1. The second kappa shape index (κ2) is 10.5. The van der Waals surface area contributed by atoms with Gasteiger partial charge in [0, 0.05) is 42.3 Å². The molecule has 2 nitrogen and oxygen atoms in total. The van der Waals surface area contributed by atoms with Crippen molar-refractivity contribution >= 4 is 70.5 Å². The fourth-order valence-electron chi connectivity index (χ4n) is 6.50. The summed E-state index contributed by atoms with van der Waals surface area (Å²) in [4.78, 5) is 2.34. The average molecular weight is 594 g/mol. The van der Waals surface area contributed by atoms with Gasteiger partial charge in [0.2, 0.25) is 0 Å². The topological polar surface area (TPSA) is 16.4 Å². The number of rotatable bonds is 5. The minimum atomic E-state index is 0.882. The monoisotopic (exact) mass is 593 g/mol. The molecule has 9 aromatic rings. The summed E-state index contributed by atoms with van der Waals surface area (Å²) in [5.74, 6) is 0. The Balaban J connectivity index is 1.22. The van der Waals surface area contributed by atoms with Gasteiger partial charge in [0.15, 0.2) is 5.58 Å². The second-order valence-electron chi connectivity index (χ2n) is 11.4. The maximum Gasteiger partial charge on any atom is 0.159 e. The van der Waals surface area contributed by atoms with E-state index in [1.54, 1.807) is 0 Å². The first kappa shape index (κ1) is 25.8. The molecule has 0 saturated carbocycles. The average Bonchev–Trinajstić information content (AvgIpc) is 3.68. The first-order valence-corrected chi connectivity index (χ1v) is 16.0. The van der Waals surface area contributed by atoms with Gasteiger partial charge in [-0.15, -0.1) is 11.3 Å². The molecular formula is C42H27NOS. The van der Waals surface area contributed by atoms with E-state index in [9.17, 15) is 0 Å². The zero-order chi connectivity index (χ0) is 29.7. The fraction of sp³-hybridized carbons (Fsp3) is 0. The number of hydrogen-bond donors (Lipinski definition) is 0. The SMILES string of the molecule is c1ccc(-c2ccc(-c3cccc(N(c4ccc5c(c4)sc4ccccc45)c4cccc5c4oc4ccccc45)c3)cc2)cc1. The van der Waals surface area contributed by atoms with Crippen molar-refractivity contribution in [2.24, 2.45) is 0 Å². The highest BCUT2D eigenvalue weighted by molar-refractivity contribution is 7.25. The van der Waals surface area contributed by atoms with Gasteiger partial charge in [0.05, 0.1) is 5.69 Å². The summed E-state index contributed by atoms with van der Waals surface area (Å²) in [6.07, 6.45) is 0. The molecule has 0 bridgehead atoms. The predicted molar refractivity (Wildman–Crippen MR) is 192 cm³/mol. The Morgan fingerprint density at radius 3 is 1.89 bits per heavy atom. The number of thiophene rings is 1. The van der Waals surface area contributed by atoms with Gasteiger partial charge in [-0.25, -0.2) is 0 Å². The first-order valence-electron chi connectivity index (χ1n) is 15.2. The summed E-state index contributed by atoms with van der Waals surface area (Å²) in [6.45, 7) is 0. The van der Waals surface area contributed by atoms with Gasteiger partial charge < -0.3 is 9.32 Å². The zero-order valence-corrected chi connectivity index (χ0v) is 25.2. The van der Waals surface area contributed by atoms with E-state index in [4.69, 9.17) is 4.42 Å². The van der Waals surface area contributed by atoms with Crippen LogP contribution in [0.1, 0.15) is 0 Å². The van der Waals surface area contributed by atoms with Crippen molar-refractivity contribution in [3.05, 3.63) is 164 Å². The lowest BCUT2D eigenvalue weighted by molar-refractivity contribution is 0.669. The van der Waals surface area contributed by atoms with E-state index in [0.717, 1.165) is 44.6 Å². The van der Waals surface area contributed by atoms with E-state index >= 15 is 0 Å². The van der Waals surface area contributed by atoms with E-state index in [-0.39, 0.29) is 0 Å². The largest absolute Gasteiger partial charge is 0.454 e. The number of nitrogens with zero attached hydrogens (tertiary/aromatic N) is 1. The molecule has 0 N–H and O–H groups in total. The minimum Gasteiger partial charge on any atom is -0.454 e. The zero-order valence-electron chi connectivity index (χ0n) is 24.4. The molecule has 2 aromatic heterocycles. The number of fused-ring (bicyclic) bond motifs is 6. The molecule has 0 spiro atoms. The molecule has 0 unspecified atom stereocenters. The van der Waals surface area contributed by atoms with E-state index in [0.29, 0.717) is 0 Å². The molecular weight excluding hydrogens is 567 g/mol. The van der Waals surface area contributed by atoms with Gasteiger partial charge in [-0.3, -0.25) is 0 Å². The number of benzene rings is 7. The minimum absolute atomic E-state index is 0.882. The van der Waals surface area contributed by atoms with Crippen molar-refractivity contribution in [2.75, 3.05) is 4.90 Å². The smallest absolute Gasteiger partial charge is 0.159 e. The van der Waals surface area contributed by atoms with Gasteiger partial charge in [0.25, 0.3) is 0 Å². The van der Waals surface area contributed by atoms with E-state index in [1.807, 2.05) is 23.5 Å². The Kier molecular flexibility index (Phi) is 6.03. The molecule has 0 atom stereocenters. The summed E-state index contributed by atoms with van der Waals surface area (Å²) >= 11 is 1.84. The fourth-order valence-corrected chi connectivity index (χ4v) is 7.64. The summed E-state index contributed by atoms with van der Waals surface area (Å²) in [6, 6.07) is 58.4. The number of para-hydroxylation sites is 2. The molecule has 0 amide bonds. The van der Waals surface area contributed by atoms with Crippen LogP contribution in [0.3, 0.4) is 0 Å². The van der Waals surface area contributed by atoms with Crippen LogP contribution in [0.4, 0.5) is 17.1 Å². The van der Waals surface area contributed by atoms with Gasteiger partial charge in [-0.1, -0.05) is 121 Å². The van der Waals surface area contributed by atoms with Gasteiger partial charge in [-0.05, 0) is 64.7 Å². The molecule has 7 aromatic carbocycles. The molecule has 0 aliphatic rings. The molecule has 9 rings (SSSR count). The van der Waals surface area contributed by atoms with Gasteiger partial charge >= 0.3 is 0 Å². The normalized spacial score (nSPS) is 11.6. The molecule has 0 aliphatic heterocycles. The lowest BCUT2D eigenvalue weighted by Crippen LogP contribution is -2.10. The van der Waals surface area contributed by atoms with Crippen LogP contribution in [-0.2, 0) is 0 Å². The van der Waals surface area contributed by atoms with Crippen molar-refractivity contribution in [1.29, 1.82) is 0 Å². The predicted octanol–water partition coefficient (Wildman–Crippen LogP) is 12.8. The van der Waals surface area contributed by atoms with E-state index in [1.165, 1.54) is 36.9 Å². The Morgan fingerprint density at radius 1 is 0.400 bits per heavy atom. The van der Waals surface area contributed by atoms with Crippen LogP contribution in [0, 0.1) is 0 Å². The van der Waals surface area contributed by atoms with Crippen LogP contribution in [0.5, 0.6) is 0 Å². The summed E-state index contributed by atoms with van der Waals surface area (Å²) in [7, 11) is 0. The number of anilines is 3. The maximum absolute atomic E-state index is 6.57. The van der Waals surface area contributed by atoms with Crippen LogP contribution in [0.15, 0.2) is 168 Å². The van der Waals surface area contributed by atoms with Crippen LogP contribution < -0.4 is 4.90 Å². The van der Waals surface area contributed by atoms with Crippen molar-refractivity contribution in [3.63, 3.8) is 0 Å². The van der Waals surface area contributed by atoms with E-state index < -0.39 is 0 Å². The molecule has 0 saturated heterocycles. The van der Waals surface area contributed by atoms with Crippen LogP contribution >= 0.6 is 11.3 Å². The van der Waals surface area contributed by atoms with Crippen LogP contribution in [-0.4, -0.2) is 0 Å². The van der Waals surface area contributed by atoms with Crippen molar-refractivity contribution < 1.29 is 4.42 Å². The summed E-state index contributed by atoms with van der Waals surface area (Å²) < 4.78 is 9.14. The molecule has 212 valence electrons. The Morgan fingerprint density at radius 2 is 1.02 bits per heavy atom. The van der Waals surface area contributed by atoms with Gasteiger partial charge in [0.1, 0.15) is 5.58 Å². The Labute approximate surface area is 265 Å². The Bertz CT molecular complexity index is 2490. The molecule has 45 heavy (non-hydrogen) atoms. The van der Waals surface area contributed by atoms with Crippen molar-refractivity contribution in [3.8, 4) is 22.3 Å². The Hall–Kier alpha value is -5.64. The second-order valence-corrected chi connectivity index (χ2v) is 12.4. The van der Waals surface area contributed by atoms with Gasteiger partial charge in [-0.2, -0.15) is 0 Å². The highest BCUT2D eigenvalue weighted by atomic mass is 32.1. The molecule has 0 fully saturated rings. The standard InChI is InChI=1S/C42H27NOS/c1-2-10-28(11-3-1)29-20-22-30(23-21-29)31-12-8-13-32(26-31)43(33-24-25-36-35-15-5-7-19-40(35)45-41(36)27-33)38-17-9-16-37-34-14-4-6-18-39(34)44-42(37)38/h1-27H. The highest BCUT2D eigenvalue weighted by Crippen LogP contribution is 2.45. The van der Waals surface area contributed by atoms with E-state index in [2.05, 4.69) is 157 Å². The quantitative estimate of drug-likeness (QED) is 0.197. The lowest BCUT2D eigenvalue weighted by Gasteiger charge is -2.26. The van der Waals surface area contributed by atoms with Crippen molar-refractivity contribution in [1.82, 2.24) is 0 Å². The molecule has 0 radical (unpaired) electrons. The first-order chi connectivity index (χ1) is 22.3. The molecule has 0 aliphatic carbocycles.